The quantitative estimate of drug-likeness (QED) is 0.738. The normalized spacial score (nSPS) is 17.0. The average Bonchev–Trinajstić information content (AvgIpc) is 3.09. The maximum absolute atomic E-state index is 14.4. The van der Waals surface area contributed by atoms with Crippen LogP contribution < -0.4 is 10.2 Å². The number of phenolic OH excluding ortho intramolecular Hbond substituents is 1. The van der Waals surface area contributed by atoms with Crippen molar-refractivity contribution in [2.24, 2.45) is 0 Å². The Balaban J connectivity index is 1.87. The van der Waals surface area contributed by atoms with E-state index in [-0.39, 0.29) is 17.1 Å². The number of anilines is 1. The first kappa shape index (κ1) is 17.7. The number of benzene rings is 2. The van der Waals surface area contributed by atoms with Crippen LogP contribution in [0.1, 0.15) is 18.9 Å². The van der Waals surface area contributed by atoms with E-state index in [0.29, 0.717) is 6.04 Å². The van der Waals surface area contributed by atoms with Gasteiger partial charge in [0.2, 0.25) is 0 Å². The fraction of sp³-hybridized carbons (Fsp3) is 0.333. The number of phenols is 1. The van der Waals surface area contributed by atoms with E-state index < -0.39 is 5.82 Å². The van der Waals surface area contributed by atoms with Gasteiger partial charge in [-0.05, 0) is 49.7 Å². The smallest absolute Gasteiger partial charge is 0.168 e. The number of fused-ring (bicyclic) bond motifs is 1. The summed E-state index contributed by atoms with van der Waals surface area (Å²) < 4.78 is 14.4. The average molecular weight is 366 g/mol. The van der Waals surface area contributed by atoms with E-state index in [2.05, 4.69) is 27.1 Å². The van der Waals surface area contributed by atoms with Crippen LogP contribution in [-0.4, -0.2) is 40.8 Å². The number of hydrogen-bond acceptors (Lipinski definition) is 5. The van der Waals surface area contributed by atoms with E-state index in [0.717, 1.165) is 48.3 Å². The summed E-state index contributed by atoms with van der Waals surface area (Å²) in [5.74, 6) is 0.323. The summed E-state index contributed by atoms with van der Waals surface area (Å²) in [6, 6.07) is 10.7. The van der Waals surface area contributed by atoms with E-state index in [9.17, 15) is 9.50 Å². The lowest BCUT2D eigenvalue weighted by Crippen LogP contribution is -2.32. The molecule has 1 fully saturated rings. The Labute approximate surface area is 157 Å². The third kappa shape index (κ3) is 3.32. The second-order valence-corrected chi connectivity index (χ2v) is 7.01. The van der Waals surface area contributed by atoms with Gasteiger partial charge in [0.1, 0.15) is 17.4 Å². The van der Waals surface area contributed by atoms with Crippen molar-refractivity contribution in [3.8, 4) is 17.1 Å². The minimum absolute atomic E-state index is 0.0459. The molecule has 0 amide bonds. The highest BCUT2D eigenvalue weighted by molar-refractivity contribution is 5.92. The standard InChI is InChI=1S/C21H23FN4O/c1-3-23-14-9-10-26(12-14)21-15-8-7-13(2)11-17(15)24-20(25-21)19-16(22)5-4-6-18(19)27/h4-8,11,14,23,27H,3,9-10,12H2,1-2H3. The molecule has 140 valence electrons. The molecule has 1 aromatic heterocycles. The molecule has 0 radical (unpaired) electrons. The van der Waals surface area contributed by atoms with Crippen molar-refractivity contribution < 1.29 is 9.50 Å². The largest absolute Gasteiger partial charge is 0.507 e. The third-order valence-electron chi connectivity index (χ3n) is 5.03. The number of aryl methyl sites for hydroxylation is 1. The molecule has 1 aliphatic heterocycles. The second kappa shape index (κ2) is 7.12. The molecular formula is C21H23FN4O. The van der Waals surface area contributed by atoms with Gasteiger partial charge in [0.15, 0.2) is 5.82 Å². The summed E-state index contributed by atoms with van der Waals surface area (Å²) in [6.07, 6.45) is 1.03. The SMILES string of the molecule is CCNC1CCN(c2nc(-c3c(O)cccc3F)nc3cc(C)ccc23)C1. The molecule has 1 saturated heterocycles. The van der Waals surface area contributed by atoms with Gasteiger partial charge < -0.3 is 15.3 Å². The third-order valence-corrected chi connectivity index (χ3v) is 5.03. The van der Waals surface area contributed by atoms with Crippen molar-refractivity contribution >= 4 is 16.7 Å². The van der Waals surface area contributed by atoms with Gasteiger partial charge in [0.05, 0.1) is 11.1 Å². The molecule has 1 atom stereocenters. The lowest BCUT2D eigenvalue weighted by Gasteiger charge is -2.21. The van der Waals surface area contributed by atoms with Gasteiger partial charge in [-0.15, -0.1) is 0 Å². The summed E-state index contributed by atoms with van der Waals surface area (Å²) in [6.45, 7) is 6.75. The number of halogens is 1. The van der Waals surface area contributed by atoms with Crippen molar-refractivity contribution in [2.45, 2.75) is 26.3 Å². The van der Waals surface area contributed by atoms with Crippen LogP contribution in [0.5, 0.6) is 5.75 Å². The molecule has 1 unspecified atom stereocenters. The lowest BCUT2D eigenvalue weighted by molar-refractivity contribution is 0.471. The van der Waals surface area contributed by atoms with Crippen molar-refractivity contribution in [3.05, 3.63) is 47.8 Å². The molecule has 4 rings (SSSR count). The lowest BCUT2D eigenvalue weighted by atomic mass is 10.1. The predicted molar refractivity (Wildman–Crippen MR) is 106 cm³/mol. The molecule has 0 saturated carbocycles. The molecule has 3 aromatic rings. The van der Waals surface area contributed by atoms with Crippen LogP contribution in [0.15, 0.2) is 36.4 Å². The maximum atomic E-state index is 14.4. The number of nitrogens with one attached hydrogen (secondary N) is 1. The molecule has 27 heavy (non-hydrogen) atoms. The van der Waals surface area contributed by atoms with E-state index in [4.69, 9.17) is 0 Å². The summed E-state index contributed by atoms with van der Waals surface area (Å²) >= 11 is 0. The van der Waals surface area contributed by atoms with Crippen molar-refractivity contribution in [1.82, 2.24) is 15.3 Å². The Morgan fingerprint density at radius 3 is 2.89 bits per heavy atom. The number of aromatic hydroxyl groups is 1. The van der Waals surface area contributed by atoms with Gasteiger partial charge in [-0.25, -0.2) is 14.4 Å². The van der Waals surface area contributed by atoms with Crippen LogP contribution in [-0.2, 0) is 0 Å². The van der Waals surface area contributed by atoms with Crippen LogP contribution in [0.25, 0.3) is 22.3 Å². The summed E-state index contributed by atoms with van der Waals surface area (Å²) in [5.41, 5.74) is 1.87. The Morgan fingerprint density at radius 2 is 2.11 bits per heavy atom. The van der Waals surface area contributed by atoms with Gasteiger partial charge in [-0.2, -0.15) is 0 Å². The number of rotatable bonds is 4. The Morgan fingerprint density at radius 1 is 1.26 bits per heavy atom. The van der Waals surface area contributed by atoms with Crippen molar-refractivity contribution in [1.29, 1.82) is 0 Å². The van der Waals surface area contributed by atoms with Crippen LogP contribution in [0.2, 0.25) is 0 Å². The fourth-order valence-electron chi connectivity index (χ4n) is 3.72. The molecule has 2 heterocycles. The molecule has 2 N–H and O–H groups in total. The number of aromatic nitrogens is 2. The Kier molecular flexibility index (Phi) is 4.66. The number of hydrogen-bond donors (Lipinski definition) is 2. The topological polar surface area (TPSA) is 61.3 Å². The van der Waals surface area contributed by atoms with E-state index in [1.54, 1.807) is 0 Å². The van der Waals surface area contributed by atoms with Gasteiger partial charge in [-0.1, -0.05) is 19.1 Å². The van der Waals surface area contributed by atoms with E-state index >= 15 is 0 Å². The molecule has 1 aliphatic rings. The van der Waals surface area contributed by atoms with Crippen molar-refractivity contribution in [2.75, 3.05) is 24.5 Å². The summed E-state index contributed by atoms with van der Waals surface area (Å²) in [7, 11) is 0. The van der Waals surface area contributed by atoms with Crippen LogP contribution in [0.4, 0.5) is 10.2 Å². The van der Waals surface area contributed by atoms with Gasteiger partial charge in [0, 0.05) is 24.5 Å². The molecule has 5 nitrogen and oxygen atoms in total. The first-order valence-electron chi connectivity index (χ1n) is 9.31. The zero-order chi connectivity index (χ0) is 19.0. The molecule has 6 heteroatoms. The molecule has 0 spiro atoms. The van der Waals surface area contributed by atoms with Crippen LogP contribution in [0.3, 0.4) is 0 Å². The van der Waals surface area contributed by atoms with Crippen molar-refractivity contribution in [3.63, 3.8) is 0 Å². The van der Waals surface area contributed by atoms with Crippen LogP contribution in [0, 0.1) is 12.7 Å². The van der Waals surface area contributed by atoms with Gasteiger partial charge in [-0.3, -0.25) is 0 Å². The highest BCUT2D eigenvalue weighted by Gasteiger charge is 2.26. The molecule has 0 bridgehead atoms. The highest BCUT2D eigenvalue weighted by atomic mass is 19.1. The predicted octanol–water partition coefficient (Wildman–Crippen LogP) is 3.64. The number of nitrogens with zero attached hydrogens (tertiary/aromatic N) is 3. The number of likely N-dealkylation sites (N-methyl/N-ethyl adjacent to an activating group) is 1. The molecular weight excluding hydrogens is 343 g/mol. The fourth-order valence-corrected chi connectivity index (χ4v) is 3.72. The molecule has 2 aromatic carbocycles. The first-order valence-corrected chi connectivity index (χ1v) is 9.31. The minimum atomic E-state index is -0.528. The van der Waals surface area contributed by atoms with Crippen LogP contribution >= 0.6 is 0 Å². The summed E-state index contributed by atoms with van der Waals surface area (Å²) in [4.78, 5) is 11.5. The highest BCUT2D eigenvalue weighted by Crippen LogP contribution is 2.34. The van der Waals surface area contributed by atoms with E-state index in [1.165, 1.54) is 18.2 Å². The zero-order valence-corrected chi connectivity index (χ0v) is 15.5. The second-order valence-electron chi connectivity index (χ2n) is 7.01. The van der Waals surface area contributed by atoms with E-state index in [1.807, 2.05) is 25.1 Å². The summed E-state index contributed by atoms with van der Waals surface area (Å²) in [5, 5.41) is 14.6. The molecule has 0 aliphatic carbocycles. The monoisotopic (exact) mass is 366 g/mol. The Bertz CT molecular complexity index is 971. The minimum Gasteiger partial charge on any atom is -0.507 e. The first-order chi connectivity index (χ1) is 13.1. The van der Waals surface area contributed by atoms with Gasteiger partial charge >= 0.3 is 0 Å². The maximum Gasteiger partial charge on any atom is 0.168 e. The zero-order valence-electron chi connectivity index (χ0n) is 15.5. The Hall–Kier alpha value is -2.73. The van der Waals surface area contributed by atoms with Gasteiger partial charge in [0.25, 0.3) is 0 Å².